The summed E-state index contributed by atoms with van der Waals surface area (Å²) in [7, 11) is 0. The zero-order valence-electron chi connectivity index (χ0n) is 6.58. The maximum Gasteiger partial charge on any atom is 0.252 e. The largest absolute Gasteiger partial charge is 0.463 e. The van der Waals surface area contributed by atoms with Gasteiger partial charge in [0.25, 0.3) is 5.91 Å². The Morgan fingerprint density at radius 3 is 2.92 bits per heavy atom. The fraction of sp³-hybridized carbons (Fsp3) is 0. The Morgan fingerprint density at radius 2 is 2.23 bits per heavy atom. The van der Waals surface area contributed by atoms with E-state index in [1.54, 1.807) is 0 Å². The van der Waals surface area contributed by atoms with Gasteiger partial charge in [0.1, 0.15) is 17.7 Å². The molecule has 0 aliphatic carbocycles. The minimum absolute atomic E-state index is 0.273. The molecule has 2 rings (SSSR count). The molecule has 0 fully saturated rings. The SMILES string of the molecule is NC(=O)c1coc2cc(F)ccc12. The fourth-order valence-electron chi connectivity index (χ4n) is 1.19. The van der Waals surface area contributed by atoms with E-state index >= 15 is 0 Å². The van der Waals surface area contributed by atoms with Gasteiger partial charge in [0, 0.05) is 11.5 Å². The van der Waals surface area contributed by atoms with Gasteiger partial charge in [-0.2, -0.15) is 0 Å². The molecule has 0 aliphatic rings. The molecule has 1 aromatic carbocycles. The second-order valence-corrected chi connectivity index (χ2v) is 2.65. The van der Waals surface area contributed by atoms with Crippen LogP contribution in [-0.4, -0.2) is 5.91 Å². The molecule has 2 N–H and O–H groups in total. The number of furan rings is 1. The van der Waals surface area contributed by atoms with Crippen molar-refractivity contribution in [1.29, 1.82) is 0 Å². The lowest BCUT2D eigenvalue weighted by molar-refractivity contribution is 0.100. The van der Waals surface area contributed by atoms with Gasteiger partial charge in [-0.05, 0) is 12.1 Å². The van der Waals surface area contributed by atoms with Crippen LogP contribution in [0.3, 0.4) is 0 Å². The molecule has 1 amide bonds. The van der Waals surface area contributed by atoms with Gasteiger partial charge in [0.05, 0.1) is 5.56 Å². The number of halogens is 1. The van der Waals surface area contributed by atoms with Crippen LogP contribution >= 0.6 is 0 Å². The topological polar surface area (TPSA) is 56.2 Å². The lowest BCUT2D eigenvalue weighted by Crippen LogP contribution is -2.09. The van der Waals surface area contributed by atoms with Gasteiger partial charge in [-0.15, -0.1) is 0 Å². The van der Waals surface area contributed by atoms with Crippen LogP contribution in [0, 0.1) is 5.82 Å². The summed E-state index contributed by atoms with van der Waals surface area (Å²) in [4.78, 5) is 10.8. The molecule has 66 valence electrons. The molecule has 0 aliphatic heterocycles. The van der Waals surface area contributed by atoms with Gasteiger partial charge in [0.2, 0.25) is 0 Å². The predicted molar refractivity (Wildman–Crippen MR) is 44.7 cm³/mol. The summed E-state index contributed by atoms with van der Waals surface area (Å²) in [6.07, 6.45) is 1.23. The minimum atomic E-state index is -0.578. The number of benzene rings is 1. The normalized spacial score (nSPS) is 10.5. The highest BCUT2D eigenvalue weighted by atomic mass is 19.1. The van der Waals surface area contributed by atoms with E-state index in [-0.39, 0.29) is 5.56 Å². The summed E-state index contributed by atoms with van der Waals surface area (Å²) in [5, 5.41) is 0.536. The number of nitrogens with two attached hydrogens (primary N) is 1. The highest BCUT2D eigenvalue weighted by molar-refractivity contribution is 6.05. The van der Waals surface area contributed by atoms with Crippen LogP contribution < -0.4 is 5.73 Å². The average molecular weight is 179 g/mol. The van der Waals surface area contributed by atoms with Crippen LogP contribution in [-0.2, 0) is 0 Å². The van der Waals surface area contributed by atoms with Crippen molar-refractivity contribution in [3.8, 4) is 0 Å². The Morgan fingerprint density at radius 1 is 1.46 bits per heavy atom. The van der Waals surface area contributed by atoms with Crippen molar-refractivity contribution in [2.24, 2.45) is 5.73 Å². The Kier molecular flexibility index (Phi) is 1.55. The smallest absolute Gasteiger partial charge is 0.252 e. The summed E-state index contributed by atoms with van der Waals surface area (Å²) in [6.45, 7) is 0. The van der Waals surface area contributed by atoms with E-state index in [0.717, 1.165) is 0 Å². The van der Waals surface area contributed by atoms with E-state index in [9.17, 15) is 9.18 Å². The minimum Gasteiger partial charge on any atom is -0.463 e. The van der Waals surface area contributed by atoms with E-state index in [1.165, 1.54) is 24.5 Å². The third-order valence-electron chi connectivity index (χ3n) is 1.80. The van der Waals surface area contributed by atoms with Crippen LogP contribution in [0.2, 0.25) is 0 Å². The third kappa shape index (κ3) is 1.16. The molecular weight excluding hydrogens is 173 g/mol. The van der Waals surface area contributed by atoms with Gasteiger partial charge < -0.3 is 10.2 Å². The van der Waals surface area contributed by atoms with Gasteiger partial charge in [-0.3, -0.25) is 4.79 Å². The molecule has 3 nitrogen and oxygen atoms in total. The number of hydrogen-bond donors (Lipinski definition) is 1. The number of carbonyl (C=O) groups is 1. The predicted octanol–water partition coefficient (Wildman–Crippen LogP) is 1.67. The third-order valence-corrected chi connectivity index (χ3v) is 1.80. The second kappa shape index (κ2) is 2.58. The molecule has 1 heterocycles. The molecule has 0 bridgehead atoms. The van der Waals surface area contributed by atoms with E-state index in [4.69, 9.17) is 10.2 Å². The Balaban J connectivity index is 2.76. The van der Waals surface area contributed by atoms with Crippen molar-refractivity contribution >= 4 is 16.9 Å². The monoisotopic (exact) mass is 179 g/mol. The average Bonchev–Trinajstić information content (AvgIpc) is 2.46. The summed E-state index contributed by atoms with van der Waals surface area (Å²) < 4.78 is 17.6. The molecule has 1 aromatic heterocycles. The lowest BCUT2D eigenvalue weighted by atomic mass is 10.2. The van der Waals surface area contributed by atoms with Crippen LogP contribution in [0.4, 0.5) is 4.39 Å². The number of primary amides is 1. The molecule has 4 heteroatoms. The van der Waals surface area contributed by atoms with E-state index < -0.39 is 11.7 Å². The summed E-state index contributed by atoms with van der Waals surface area (Å²) in [6, 6.07) is 3.93. The van der Waals surface area contributed by atoms with Crippen molar-refractivity contribution in [3.63, 3.8) is 0 Å². The highest BCUT2D eigenvalue weighted by Gasteiger charge is 2.10. The van der Waals surface area contributed by atoms with E-state index in [1.807, 2.05) is 0 Å². The standard InChI is InChI=1S/C9H6FNO2/c10-5-1-2-6-7(9(11)12)4-13-8(6)3-5/h1-4H,(H2,11,12). The van der Waals surface area contributed by atoms with Gasteiger partial charge >= 0.3 is 0 Å². The highest BCUT2D eigenvalue weighted by Crippen LogP contribution is 2.21. The molecule has 13 heavy (non-hydrogen) atoms. The zero-order chi connectivity index (χ0) is 9.42. The first kappa shape index (κ1) is 7.79. The molecule has 0 atom stereocenters. The van der Waals surface area contributed by atoms with Crippen LogP contribution in [0.15, 0.2) is 28.9 Å². The van der Waals surface area contributed by atoms with Crippen molar-refractivity contribution in [2.45, 2.75) is 0 Å². The second-order valence-electron chi connectivity index (χ2n) is 2.65. The maximum atomic E-state index is 12.7. The Hall–Kier alpha value is -1.84. The number of hydrogen-bond acceptors (Lipinski definition) is 2. The molecular formula is C9H6FNO2. The van der Waals surface area contributed by atoms with Crippen LogP contribution in [0.5, 0.6) is 0 Å². The van der Waals surface area contributed by atoms with Gasteiger partial charge in [-0.1, -0.05) is 0 Å². The molecule has 2 aromatic rings. The summed E-state index contributed by atoms with van der Waals surface area (Å²) in [5.74, 6) is -0.983. The van der Waals surface area contributed by atoms with Crippen LogP contribution in [0.1, 0.15) is 10.4 Å². The first-order valence-electron chi connectivity index (χ1n) is 3.65. The zero-order valence-corrected chi connectivity index (χ0v) is 6.58. The first-order chi connectivity index (χ1) is 6.18. The number of amides is 1. The van der Waals surface area contributed by atoms with Crippen molar-refractivity contribution in [1.82, 2.24) is 0 Å². The Labute approximate surface area is 72.9 Å². The number of fused-ring (bicyclic) bond motifs is 1. The molecule has 0 saturated heterocycles. The van der Waals surface area contributed by atoms with Crippen LogP contribution in [0.25, 0.3) is 11.0 Å². The molecule has 0 saturated carbocycles. The van der Waals surface area contributed by atoms with Crippen molar-refractivity contribution in [2.75, 3.05) is 0 Å². The summed E-state index contributed by atoms with van der Waals surface area (Å²) in [5.41, 5.74) is 5.67. The Bertz CT molecular complexity index is 475. The summed E-state index contributed by atoms with van der Waals surface area (Å²) >= 11 is 0. The quantitative estimate of drug-likeness (QED) is 0.723. The first-order valence-corrected chi connectivity index (χ1v) is 3.65. The van der Waals surface area contributed by atoms with E-state index in [0.29, 0.717) is 11.0 Å². The van der Waals surface area contributed by atoms with Crippen molar-refractivity contribution < 1.29 is 13.6 Å². The maximum absolute atomic E-state index is 12.7. The van der Waals surface area contributed by atoms with Crippen molar-refractivity contribution in [3.05, 3.63) is 35.8 Å². The number of rotatable bonds is 1. The fourth-order valence-corrected chi connectivity index (χ4v) is 1.19. The molecule has 0 unspecified atom stereocenters. The number of carbonyl (C=O) groups excluding carboxylic acids is 1. The molecule has 0 radical (unpaired) electrons. The van der Waals surface area contributed by atoms with E-state index in [2.05, 4.69) is 0 Å². The lowest BCUT2D eigenvalue weighted by Gasteiger charge is -1.90. The molecule has 0 spiro atoms. The van der Waals surface area contributed by atoms with Gasteiger partial charge in [0.15, 0.2) is 0 Å². The van der Waals surface area contributed by atoms with Gasteiger partial charge in [-0.25, -0.2) is 4.39 Å².